The molecule has 0 bridgehead atoms. The van der Waals surface area contributed by atoms with Crippen molar-refractivity contribution >= 4 is 28.4 Å². The van der Waals surface area contributed by atoms with Crippen LogP contribution in [0.1, 0.15) is 21.3 Å². The van der Waals surface area contributed by atoms with E-state index in [0.717, 1.165) is 45.7 Å². The summed E-state index contributed by atoms with van der Waals surface area (Å²) >= 11 is 1.79. The molecule has 5 rings (SSSR count). The Morgan fingerprint density at radius 2 is 1.57 bits per heavy atom. The van der Waals surface area contributed by atoms with Crippen LogP contribution in [0.25, 0.3) is 10.8 Å². The lowest BCUT2D eigenvalue weighted by Crippen LogP contribution is -2.30. The molecule has 1 saturated heterocycles. The predicted octanol–water partition coefficient (Wildman–Crippen LogP) is 6.52. The van der Waals surface area contributed by atoms with Gasteiger partial charge in [0.15, 0.2) is 0 Å². The van der Waals surface area contributed by atoms with Crippen LogP contribution < -0.4 is 4.74 Å². The Kier molecular flexibility index (Phi) is 5.16. The van der Waals surface area contributed by atoms with Crippen molar-refractivity contribution in [3.8, 4) is 11.5 Å². The molecule has 1 aliphatic heterocycles. The van der Waals surface area contributed by atoms with E-state index in [1.807, 2.05) is 89.8 Å². The van der Waals surface area contributed by atoms with Crippen molar-refractivity contribution in [2.75, 3.05) is 12.3 Å². The number of carbonyl (C=O) groups is 1. The molecule has 4 heteroatoms. The number of rotatable bonds is 4. The molecule has 3 nitrogen and oxygen atoms in total. The van der Waals surface area contributed by atoms with Crippen LogP contribution in [0, 0.1) is 0 Å². The van der Waals surface area contributed by atoms with E-state index in [0.29, 0.717) is 0 Å². The number of ether oxygens (including phenoxy) is 1. The number of para-hydroxylation sites is 1. The van der Waals surface area contributed by atoms with E-state index in [9.17, 15) is 4.79 Å². The van der Waals surface area contributed by atoms with Crippen molar-refractivity contribution in [3.05, 3.63) is 108 Å². The summed E-state index contributed by atoms with van der Waals surface area (Å²) in [5.74, 6) is 2.58. The van der Waals surface area contributed by atoms with Crippen LogP contribution in [0.2, 0.25) is 0 Å². The van der Waals surface area contributed by atoms with Crippen molar-refractivity contribution in [2.24, 2.45) is 0 Å². The molecule has 0 radical (unpaired) electrons. The Balaban J connectivity index is 1.40. The first-order chi connectivity index (χ1) is 14.8. The van der Waals surface area contributed by atoms with Gasteiger partial charge in [0.05, 0.1) is 0 Å². The van der Waals surface area contributed by atoms with E-state index in [1.54, 1.807) is 11.8 Å². The van der Waals surface area contributed by atoms with Crippen LogP contribution in [0.3, 0.4) is 0 Å². The molecule has 4 aromatic carbocycles. The number of benzene rings is 4. The maximum absolute atomic E-state index is 13.3. The summed E-state index contributed by atoms with van der Waals surface area (Å²) in [5.41, 5.74) is 1.82. The molecule has 1 fully saturated rings. The van der Waals surface area contributed by atoms with Gasteiger partial charge >= 0.3 is 0 Å². The smallest absolute Gasteiger partial charge is 0.255 e. The van der Waals surface area contributed by atoms with Crippen LogP contribution in [0.5, 0.6) is 11.5 Å². The van der Waals surface area contributed by atoms with Gasteiger partial charge in [-0.05, 0) is 52.7 Å². The minimum atomic E-state index is -0.0108. The van der Waals surface area contributed by atoms with E-state index in [4.69, 9.17) is 4.74 Å². The van der Waals surface area contributed by atoms with Gasteiger partial charge in [-0.2, -0.15) is 0 Å². The molecular formula is C26H21NO2S. The summed E-state index contributed by atoms with van der Waals surface area (Å²) < 4.78 is 5.99. The summed E-state index contributed by atoms with van der Waals surface area (Å²) in [7, 11) is 0. The Morgan fingerprint density at radius 3 is 2.43 bits per heavy atom. The summed E-state index contributed by atoms with van der Waals surface area (Å²) in [6, 6.07) is 31.9. The zero-order valence-electron chi connectivity index (χ0n) is 16.4. The summed E-state index contributed by atoms with van der Waals surface area (Å²) in [5, 5.41) is 2.22. The first-order valence-corrected chi connectivity index (χ1v) is 11.1. The molecule has 0 aromatic heterocycles. The van der Waals surface area contributed by atoms with Crippen LogP contribution in [-0.4, -0.2) is 23.1 Å². The standard InChI is InChI=1S/C26H21NO2S/c28-25(21-14-13-19-7-4-5-8-20(19)17-21)27-15-16-30-26(27)22-9-6-12-24(18-22)29-23-10-2-1-3-11-23/h1-14,17-18,26H,15-16H2/t26-/m0/s1. The lowest BCUT2D eigenvalue weighted by molar-refractivity contribution is 0.0760. The molecule has 0 saturated carbocycles. The van der Waals surface area contributed by atoms with Crippen molar-refractivity contribution in [1.29, 1.82) is 0 Å². The van der Waals surface area contributed by atoms with Crippen LogP contribution >= 0.6 is 11.8 Å². The van der Waals surface area contributed by atoms with Crippen molar-refractivity contribution in [3.63, 3.8) is 0 Å². The fraction of sp³-hybridized carbons (Fsp3) is 0.115. The zero-order valence-corrected chi connectivity index (χ0v) is 17.2. The number of fused-ring (bicyclic) bond motifs is 1. The average molecular weight is 412 g/mol. The van der Waals surface area contributed by atoms with Gasteiger partial charge < -0.3 is 9.64 Å². The molecule has 1 heterocycles. The average Bonchev–Trinajstić information content (AvgIpc) is 3.29. The van der Waals surface area contributed by atoms with E-state index >= 15 is 0 Å². The Morgan fingerprint density at radius 1 is 0.800 bits per heavy atom. The van der Waals surface area contributed by atoms with Gasteiger partial charge in [-0.25, -0.2) is 0 Å². The number of amides is 1. The second-order valence-electron chi connectivity index (χ2n) is 7.27. The lowest BCUT2D eigenvalue weighted by atomic mass is 10.1. The highest BCUT2D eigenvalue weighted by Gasteiger charge is 2.31. The van der Waals surface area contributed by atoms with Crippen molar-refractivity contribution < 1.29 is 9.53 Å². The van der Waals surface area contributed by atoms with Gasteiger partial charge in [-0.3, -0.25) is 4.79 Å². The number of hydrogen-bond donors (Lipinski definition) is 0. The van der Waals surface area contributed by atoms with Gasteiger partial charge in [-0.15, -0.1) is 11.8 Å². The summed E-state index contributed by atoms with van der Waals surface area (Å²) in [4.78, 5) is 15.3. The van der Waals surface area contributed by atoms with Crippen molar-refractivity contribution in [2.45, 2.75) is 5.37 Å². The molecule has 1 atom stereocenters. The monoisotopic (exact) mass is 411 g/mol. The Hall–Kier alpha value is -3.24. The number of carbonyl (C=O) groups excluding carboxylic acids is 1. The van der Waals surface area contributed by atoms with Gasteiger partial charge in [0.2, 0.25) is 0 Å². The first-order valence-electron chi connectivity index (χ1n) is 10.0. The maximum atomic E-state index is 13.3. The fourth-order valence-electron chi connectivity index (χ4n) is 3.80. The van der Waals surface area contributed by atoms with E-state index in [1.165, 1.54) is 0 Å². The molecule has 30 heavy (non-hydrogen) atoms. The molecule has 1 amide bonds. The molecule has 148 valence electrons. The van der Waals surface area contributed by atoms with Gasteiger partial charge in [0.25, 0.3) is 5.91 Å². The number of nitrogens with zero attached hydrogens (tertiary/aromatic N) is 1. The normalized spacial score (nSPS) is 16.0. The first kappa shape index (κ1) is 18.8. The summed E-state index contributed by atoms with van der Waals surface area (Å²) in [6.07, 6.45) is 0. The maximum Gasteiger partial charge on any atom is 0.255 e. The van der Waals surface area contributed by atoms with Crippen LogP contribution in [0.4, 0.5) is 0 Å². The van der Waals surface area contributed by atoms with Crippen LogP contribution in [0.15, 0.2) is 97.1 Å². The molecule has 1 aliphatic rings. The van der Waals surface area contributed by atoms with Gasteiger partial charge in [0.1, 0.15) is 16.9 Å². The molecular weight excluding hydrogens is 390 g/mol. The van der Waals surface area contributed by atoms with E-state index < -0.39 is 0 Å². The number of thioether (sulfide) groups is 1. The molecule has 0 aliphatic carbocycles. The fourth-order valence-corrected chi connectivity index (χ4v) is 5.04. The Labute approximate surface area is 180 Å². The van der Waals surface area contributed by atoms with Crippen LogP contribution in [-0.2, 0) is 0 Å². The highest BCUT2D eigenvalue weighted by Crippen LogP contribution is 2.40. The number of hydrogen-bond acceptors (Lipinski definition) is 3. The highest BCUT2D eigenvalue weighted by atomic mass is 32.2. The lowest BCUT2D eigenvalue weighted by Gasteiger charge is -2.24. The van der Waals surface area contributed by atoms with E-state index in [-0.39, 0.29) is 11.3 Å². The third kappa shape index (κ3) is 3.79. The Bertz CT molecular complexity index is 1190. The SMILES string of the molecule is O=C(c1ccc2ccccc2c1)N1CCS[C@H]1c1cccc(Oc2ccccc2)c1. The molecule has 0 N–H and O–H groups in total. The highest BCUT2D eigenvalue weighted by molar-refractivity contribution is 7.99. The zero-order chi connectivity index (χ0) is 20.3. The second-order valence-corrected chi connectivity index (χ2v) is 8.46. The topological polar surface area (TPSA) is 29.5 Å². The minimum Gasteiger partial charge on any atom is -0.457 e. The third-order valence-corrected chi connectivity index (χ3v) is 6.53. The molecule has 0 spiro atoms. The molecule has 4 aromatic rings. The largest absolute Gasteiger partial charge is 0.457 e. The second kappa shape index (κ2) is 8.25. The van der Waals surface area contributed by atoms with Crippen molar-refractivity contribution in [1.82, 2.24) is 4.90 Å². The van der Waals surface area contributed by atoms with E-state index in [2.05, 4.69) is 12.1 Å². The summed E-state index contributed by atoms with van der Waals surface area (Å²) in [6.45, 7) is 0.741. The van der Waals surface area contributed by atoms with Gasteiger partial charge in [-0.1, -0.05) is 60.7 Å². The van der Waals surface area contributed by atoms with Gasteiger partial charge in [0, 0.05) is 17.9 Å². The third-order valence-electron chi connectivity index (χ3n) is 5.27. The predicted molar refractivity (Wildman–Crippen MR) is 123 cm³/mol. The quantitative estimate of drug-likeness (QED) is 0.383. The minimum absolute atomic E-state index is 0.0108. The molecule has 0 unspecified atom stereocenters.